The first-order valence-corrected chi connectivity index (χ1v) is 28.0. The highest BCUT2D eigenvalue weighted by molar-refractivity contribution is 6.03. The molecule has 4 heterocycles. The monoisotopic (exact) mass is 1160 g/mol. The third-order valence-electron chi connectivity index (χ3n) is 13.4. The van der Waals surface area contributed by atoms with E-state index in [4.69, 9.17) is 41.9 Å². The SMILES string of the molecule is CCNC(=O)c1noc(-c2cc(C(C)C)c(OCc3ccccc3)cc2OCc2ccccc2)c1-c1cc(C=NOC)no1.CCNC(=O)c1noc(-c2cc(C(C)C)c(OCc3ccccc3)cc2OCc2ccccc2)c1-c1cc(C=O)no1. The van der Waals surface area contributed by atoms with Gasteiger partial charge in [-0.25, -0.2) is 0 Å². The maximum Gasteiger partial charge on any atom is 0.274 e. The Labute approximate surface area is 497 Å². The number of hydrogen-bond acceptors (Lipinski definition) is 17. The summed E-state index contributed by atoms with van der Waals surface area (Å²) in [6, 6.07) is 50.1. The summed E-state index contributed by atoms with van der Waals surface area (Å²) in [6.07, 6.45) is 1.96. The maximum absolute atomic E-state index is 13.1. The first kappa shape index (κ1) is 60.0. The number of carbonyl (C=O) groups excluding carboxylic acids is 3. The standard InChI is InChI=1S/C34H34N4O6.C33H31N3O6/c1-5-35-34(39)32-31(30-16-25(37-43-30)19-36-40-4)33(44-38-32)27-17-26(22(2)3)28(41-20-23-12-8-6-9-13-23)18-29(27)42-21-24-14-10-7-11-15-24;1-4-34-33(38)31-30(29-15-24(18-37)35-41-29)32(42-36-31)26-16-25(21(2)3)27(39-19-22-11-7-5-8-12-22)17-28(26)40-20-23-13-9-6-10-14-23/h6-19,22H,5,20-21H2,1-4H3,(H,35,39);5-18,21H,4,19-20H2,1-3H3,(H,34,38). The molecule has 0 aliphatic carbocycles. The van der Waals surface area contributed by atoms with Crippen LogP contribution >= 0.6 is 0 Å². The van der Waals surface area contributed by atoms with Crippen LogP contribution in [0, 0.1) is 0 Å². The van der Waals surface area contributed by atoms with Gasteiger partial charge in [-0.15, -0.1) is 0 Å². The minimum Gasteiger partial charge on any atom is -0.488 e. The van der Waals surface area contributed by atoms with Crippen LogP contribution in [0.2, 0.25) is 0 Å². The van der Waals surface area contributed by atoms with Gasteiger partial charge in [0.2, 0.25) is 0 Å². The zero-order chi connectivity index (χ0) is 60.4. The van der Waals surface area contributed by atoms with Gasteiger partial charge in [0.25, 0.3) is 11.8 Å². The number of rotatable bonds is 25. The van der Waals surface area contributed by atoms with E-state index >= 15 is 0 Å². The quantitative estimate of drug-likeness (QED) is 0.0307. The summed E-state index contributed by atoms with van der Waals surface area (Å²) in [7, 11) is 1.43. The summed E-state index contributed by atoms with van der Waals surface area (Å²) in [5, 5.41) is 25.4. The zero-order valence-corrected chi connectivity index (χ0v) is 48.7. The van der Waals surface area contributed by atoms with Crippen LogP contribution in [0.15, 0.2) is 181 Å². The lowest BCUT2D eigenvalue weighted by molar-refractivity contribution is 0.0939. The van der Waals surface area contributed by atoms with Crippen molar-refractivity contribution in [2.75, 3.05) is 20.2 Å². The van der Waals surface area contributed by atoms with Crippen LogP contribution in [0.3, 0.4) is 0 Å². The highest BCUT2D eigenvalue weighted by atomic mass is 16.6. The van der Waals surface area contributed by atoms with E-state index in [0.29, 0.717) is 84.6 Å². The molecule has 10 aromatic rings. The van der Waals surface area contributed by atoms with Crippen molar-refractivity contribution in [2.24, 2.45) is 5.16 Å². The molecule has 0 spiro atoms. The van der Waals surface area contributed by atoms with Gasteiger partial charge < -0.3 is 52.5 Å². The van der Waals surface area contributed by atoms with Crippen molar-refractivity contribution in [1.29, 1.82) is 0 Å². The largest absolute Gasteiger partial charge is 0.488 e. The molecule has 2 N–H and O–H groups in total. The minimum atomic E-state index is -0.454. The Morgan fingerprint density at radius 1 is 0.488 bits per heavy atom. The summed E-state index contributed by atoms with van der Waals surface area (Å²) < 4.78 is 48.3. The third-order valence-corrected chi connectivity index (χ3v) is 13.4. The zero-order valence-electron chi connectivity index (χ0n) is 48.7. The van der Waals surface area contributed by atoms with E-state index in [0.717, 1.165) is 33.4 Å². The lowest BCUT2D eigenvalue weighted by atomic mass is 9.95. The second-order valence-electron chi connectivity index (χ2n) is 20.1. The summed E-state index contributed by atoms with van der Waals surface area (Å²) in [5.41, 5.74) is 8.10. The lowest BCUT2D eigenvalue weighted by Crippen LogP contribution is -2.23. The Bertz CT molecular complexity index is 3870. The number of aromatic nitrogens is 4. The molecule has 0 saturated heterocycles. The number of nitrogens with zero attached hydrogens (tertiary/aromatic N) is 5. The fourth-order valence-corrected chi connectivity index (χ4v) is 9.08. The van der Waals surface area contributed by atoms with Crippen LogP contribution in [0.5, 0.6) is 23.0 Å². The van der Waals surface area contributed by atoms with Crippen molar-refractivity contribution >= 4 is 24.3 Å². The third kappa shape index (κ3) is 14.8. The average Bonchev–Trinajstić information content (AvgIpc) is 1.80. The Morgan fingerprint density at radius 2 is 0.849 bits per heavy atom. The van der Waals surface area contributed by atoms with Gasteiger partial charge in [-0.2, -0.15) is 0 Å². The van der Waals surface area contributed by atoms with Gasteiger partial charge in [0.1, 0.15) is 79.1 Å². The number of hydrogen-bond donors (Lipinski definition) is 2. The number of ether oxygens (including phenoxy) is 4. The van der Waals surface area contributed by atoms with E-state index in [2.05, 4.69) is 64.1 Å². The molecule has 0 aliphatic heterocycles. The van der Waals surface area contributed by atoms with Crippen molar-refractivity contribution in [2.45, 2.75) is 79.8 Å². The maximum atomic E-state index is 13.1. The van der Waals surface area contributed by atoms with Gasteiger partial charge in [0.05, 0.1) is 17.3 Å². The van der Waals surface area contributed by atoms with Crippen molar-refractivity contribution in [1.82, 2.24) is 31.3 Å². The van der Waals surface area contributed by atoms with Gasteiger partial charge >= 0.3 is 0 Å². The Balaban J connectivity index is 0.000000206. The van der Waals surface area contributed by atoms with Crippen LogP contribution in [0.1, 0.15) is 124 Å². The van der Waals surface area contributed by atoms with Crippen LogP contribution in [0.4, 0.5) is 0 Å². The predicted molar refractivity (Wildman–Crippen MR) is 322 cm³/mol. The first-order valence-electron chi connectivity index (χ1n) is 28.0. The molecular formula is C67H65N7O12. The summed E-state index contributed by atoms with van der Waals surface area (Å²) >= 11 is 0. The Kier molecular flexibility index (Phi) is 20.3. The van der Waals surface area contributed by atoms with Crippen molar-refractivity contribution < 1.29 is 56.3 Å². The summed E-state index contributed by atoms with van der Waals surface area (Å²) in [6.45, 7) is 14.0. The Morgan fingerprint density at radius 3 is 1.19 bits per heavy atom. The van der Waals surface area contributed by atoms with Crippen LogP contribution < -0.4 is 29.6 Å². The number of nitrogens with one attached hydrogen (secondary N) is 2. The molecule has 440 valence electrons. The molecule has 0 bridgehead atoms. The molecule has 10 rings (SSSR count). The van der Waals surface area contributed by atoms with E-state index in [1.54, 1.807) is 13.0 Å². The number of carbonyl (C=O) groups is 3. The van der Waals surface area contributed by atoms with Crippen molar-refractivity contribution in [3.05, 3.63) is 214 Å². The van der Waals surface area contributed by atoms with E-state index < -0.39 is 11.8 Å². The molecule has 0 radical (unpaired) electrons. The first-order chi connectivity index (χ1) is 42.0. The van der Waals surface area contributed by atoms with Gasteiger partial charge in [0.15, 0.2) is 40.7 Å². The number of oxime groups is 1. The molecule has 0 unspecified atom stereocenters. The number of benzene rings is 6. The highest BCUT2D eigenvalue weighted by Gasteiger charge is 2.32. The molecule has 4 aromatic heterocycles. The van der Waals surface area contributed by atoms with Gasteiger partial charge in [0, 0.05) is 37.4 Å². The molecule has 0 aliphatic rings. The van der Waals surface area contributed by atoms with E-state index in [9.17, 15) is 14.4 Å². The fraction of sp³-hybridized carbons (Fsp3) is 0.224. The Hall–Kier alpha value is -10.6. The predicted octanol–water partition coefficient (Wildman–Crippen LogP) is 13.8. The van der Waals surface area contributed by atoms with Crippen molar-refractivity contribution in [3.8, 4) is 68.3 Å². The summed E-state index contributed by atoms with van der Waals surface area (Å²) in [4.78, 5) is 42.3. The second kappa shape index (κ2) is 29.1. The van der Waals surface area contributed by atoms with Gasteiger partial charge in [-0.1, -0.05) is 175 Å². The smallest absolute Gasteiger partial charge is 0.274 e. The van der Waals surface area contributed by atoms with Gasteiger partial charge in [-0.05, 0) is 71.2 Å². The van der Waals surface area contributed by atoms with E-state index in [1.807, 2.05) is 153 Å². The molecule has 2 amide bonds. The van der Waals surface area contributed by atoms with E-state index in [-0.39, 0.29) is 64.1 Å². The molecule has 86 heavy (non-hydrogen) atoms. The molecule has 0 atom stereocenters. The molecular weight excluding hydrogens is 1090 g/mol. The fourth-order valence-electron chi connectivity index (χ4n) is 9.08. The van der Waals surface area contributed by atoms with E-state index in [1.165, 1.54) is 19.4 Å². The van der Waals surface area contributed by atoms with Crippen molar-refractivity contribution in [3.63, 3.8) is 0 Å². The number of amides is 2. The van der Waals surface area contributed by atoms with Crippen LogP contribution in [-0.4, -0.2) is 65.1 Å². The molecule has 0 saturated carbocycles. The van der Waals surface area contributed by atoms with Crippen LogP contribution in [-0.2, 0) is 31.3 Å². The van der Waals surface area contributed by atoms with Gasteiger partial charge in [-0.3, -0.25) is 14.4 Å². The van der Waals surface area contributed by atoms with Crippen LogP contribution in [0.25, 0.3) is 45.3 Å². The lowest BCUT2D eigenvalue weighted by Gasteiger charge is -2.19. The molecule has 19 heteroatoms. The topological polar surface area (TPSA) is 238 Å². The molecule has 0 fully saturated rings. The normalized spacial score (nSPS) is 11.1. The molecule has 19 nitrogen and oxygen atoms in total. The highest BCUT2D eigenvalue weighted by Crippen LogP contribution is 2.46. The number of aldehydes is 1. The molecule has 6 aromatic carbocycles. The second-order valence-corrected chi connectivity index (χ2v) is 20.1. The average molecular weight is 1160 g/mol. The minimum absolute atomic E-state index is 0.00459. The summed E-state index contributed by atoms with van der Waals surface area (Å²) in [5.74, 6) is 2.53.